The van der Waals surface area contributed by atoms with Crippen LogP contribution in [0.4, 0.5) is 43.9 Å². The van der Waals surface area contributed by atoms with Crippen LogP contribution in [0.2, 0.25) is 0 Å². The number of aliphatic hydroxyl groups excluding tert-OH is 1. The molecule has 0 aliphatic carbocycles. The number of alkyl halides is 10. The van der Waals surface area contributed by atoms with Crippen molar-refractivity contribution < 1.29 is 58.5 Å². The standard InChI is InChI=1S/C9H10F10O3/c10-5(6(11,12)21-4-2-1-3-20)22-9(18,19)7(13,14)8(15,16)17/h5,20H,1-4H2. The van der Waals surface area contributed by atoms with Crippen LogP contribution >= 0.6 is 0 Å². The third-order valence-electron chi connectivity index (χ3n) is 2.08. The van der Waals surface area contributed by atoms with Crippen LogP contribution < -0.4 is 0 Å². The highest BCUT2D eigenvalue weighted by atomic mass is 19.4. The summed E-state index contributed by atoms with van der Waals surface area (Å²) in [6, 6.07) is 0. The predicted molar refractivity (Wildman–Crippen MR) is 49.1 cm³/mol. The lowest BCUT2D eigenvalue weighted by Crippen LogP contribution is -2.56. The van der Waals surface area contributed by atoms with Crippen LogP contribution in [0.3, 0.4) is 0 Å². The normalized spacial score (nSPS) is 16.0. The van der Waals surface area contributed by atoms with E-state index in [2.05, 4.69) is 9.47 Å². The molecular weight excluding hydrogens is 346 g/mol. The van der Waals surface area contributed by atoms with Gasteiger partial charge in [-0.15, -0.1) is 0 Å². The molecule has 0 rings (SSSR count). The number of rotatable bonds is 9. The summed E-state index contributed by atoms with van der Waals surface area (Å²) in [7, 11) is 0. The first-order valence-corrected chi connectivity index (χ1v) is 5.46. The summed E-state index contributed by atoms with van der Waals surface area (Å²) in [5.74, 6) is -6.89. The summed E-state index contributed by atoms with van der Waals surface area (Å²) in [6.45, 7) is -1.45. The molecule has 0 aromatic heterocycles. The highest BCUT2D eigenvalue weighted by molar-refractivity contribution is 4.85. The van der Waals surface area contributed by atoms with Crippen molar-refractivity contribution in [2.24, 2.45) is 0 Å². The van der Waals surface area contributed by atoms with E-state index in [1.165, 1.54) is 0 Å². The summed E-state index contributed by atoms with van der Waals surface area (Å²) in [4.78, 5) is 0. The minimum Gasteiger partial charge on any atom is -0.396 e. The van der Waals surface area contributed by atoms with Gasteiger partial charge in [-0.1, -0.05) is 0 Å². The zero-order valence-corrected chi connectivity index (χ0v) is 10.4. The Kier molecular flexibility index (Phi) is 6.90. The SMILES string of the molecule is OCCCCOC(F)(F)C(F)OC(F)(F)C(F)(F)C(F)(F)F. The van der Waals surface area contributed by atoms with Crippen LogP contribution in [0.5, 0.6) is 0 Å². The number of halogens is 10. The Morgan fingerprint density at radius 2 is 1.36 bits per heavy atom. The van der Waals surface area contributed by atoms with Gasteiger partial charge in [-0.25, -0.2) is 4.39 Å². The summed E-state index contributed by atoms with van der Waals surface area (Å²) < 4.78 is 129. The van der Waals surface area contributed by atoms with Crippen molar-refractivity contribution in [2.75, 3.05) is 13.2 Å². The first kappa shape index (κ1) is 21.2. The molecule has 0 spiro atoms. The molecule has 22 heavy (non-hydrogen) atoms. The summed E-state index contributed by atoms with van der Waals surface area (Å²) in [5.41, 5.74) is 0. The Balaban J connectivity index is 4.83. The monoisotopic (exact) mass is 356 g/mol. The van der Waals surface area contributed by atoms with E-state index >= 15 is 0 Å². The van der Waals surface area contributed by atoms with Crippen molar-refractivity contribution in [2.45, 2.75) is 43.5 Å². The molecule has 0 aliphatic rings. The van der Waals surface area contributed by atoms with Gasteiger partial charge in [-0.05, 0) is 12.8 Å². The third kappa shape index (κ3) is 5.12. The smallest absolute Gasteiger partial charge is 0.396 e. The fourth-order valence-electron chi connectivity index (χ4n) is 0.925. The Hall–Kier alpha value is -0.820. The molecule has 0 aliphatic heterocycles. The maximum Gasteiger partial charge on any atom is 0.462 e. The van der Waals surface area contributed by atoms with E-state index in [1.807, 2.05) is 0 Å². The van der Waals surface area contributed by atoms with Gasteiger partial charge < -0.3 is 9.84 Å². The molecular formula is C9H10F10O3. The Bertz CT molecular complexity index is 343. The van der Waals surface area contributed by atoms with Crippen LogP contribution in [0.15, 0.2) is 0 Å². The average molecular weight is 356 g/mol. The van der Waals surface area contributed by atoms with Gasteiger partial charge in [0.2, 0.25) is 0 Å². The van der Waals surface area contributed by atoms with E-state index in [1.54, 1.807) is 0 Å². The third-order valence-corrected chi connectivity index (χ3v) is 2.08. The molecule has 0 fully saturated rings. The second kappa shape index (κ2) is 7.17. The zero-order valence-electron chi connectivity index (χ0n) is 10.4. The van der Waals surface area contributed by atoms with Gasteiger partial charge in [0.05, 0.1) is 6.61 Å². The van der Waals surface area contributed by atoms with Gasteiger partial charge in [-0.3, -0.25) is 4.74 Å². The molecule has 0 saturated carbocycles. The average Bonchev–Trinajstić information content (AvgIpc) is 2.32. The van der Waals surface area contributed by atoms with E-state index < -0.39 is 43.9 Å². The van der Waals surface area contributed by atoms with Crippen LogP contribution in [0.1, 0.15) is 12.8 Å². The highest BCUT2D eigenvalue weighted by Gasteiger charge is 2.76. The number of unbranched alkanes of at least 4 members (excludes halogenated alkanes) is 1. The molecule has 0 amide bonds. The minimum atomic E-state index is -6.89. The Morgan fingerprint density at radius 1 is 0.864 bits per heavy atom. The van der Waals surface area contributed by atoms with E-state index in [9.17, 15) is 43.9 Å². The lowest BCUT2D eigenvalue weighted by Gasteiger charge is -2.30. The maximum absolute atomic E-state index is 12.8. The topological polar surface area (TPSA) is 38.7 Å². The summed E-state index contributed by atoms with van der Waals surface area (Å²) in [6.07, 6.45) is -23.6. The molecule has 0 heterocycles. The van der Waals surface area contributed by atoms with E-state index in [4.69, 9.17) is 5.11 Å². The molecule has 0 bridgehead atoms. The molecule has 0 aromatic rings. The van der Waals surface area contributed by atoms with E-state index in [-0.39, 0.29) is 12.8 Å². The van der Waals surface area contributed by atoms with Gasteiger partial charge in [0.25, 0.3) is 6.36 Å². The first-order valence-electron chi connectivity index (χ1n) is 5.46. The summed E-state index contributed by atoms with van der Waals surface area (Å²) >= 11 is 0. The van der Waals surface area contributed by atoms with Gasteiger partial charge >= 0.3 is 24.3 Å². The van der Waals surface area contributed by atoms with Gasteiger partial charge in [0.15, 0.2) is 0 Å². The molecule has 3 nitrogen and oxygen atoms in total. The minimum absolute atomic E-state index is 0.0871. The largest absolute Gasteiger partial charge is 0.462 e. The molecule has 0 radical (unpaired) electrons. The van der Waals surface area contributed by atoms with Gasteiger partial charge in [0.1, 0.15) is 0 Å². The van der Waals surface area contributed by atoms with Crippen molar-refractivity contribution in [1.29, 1.82) is 0 Å². The van der Waals surface area contributed by atoms with E-state index in [0.29, 0.717) is 0 Å². The molecule has 0 saturated heterocycles. The highest BCUT2D eigenvalue weighted by Crippen LogP contribution is 2.48. The van der Waals surface area contributed by atoms with Crippen LogP contribution in [0, 0.1) is 0 Å². The van der Waals surface area contributed by atoms with Crippen LogP contribution in [0.25, 0.3) is 0 Å². The second-order valence-electron chi connectivity index (χ2n) is 3.86. The van der Waals surface area contributed by atoms with Crippen molar-refractivity contribution in [1.82, 2.24) is 0 Å². The number of hydrogen-bond acceptors (Lipinski definition) is 3. The number of hydrogen-bond donors (Lipinski definition) is 1. The summed E-state index contributed by atoms with van der Waals surface area (Å²) in [5, 5.41) is 8.29. The second-order valence-corrected chi connectivity index (χ2v) is 3.86. The lowest BCUT2D eigenvalue weighted by molar-refractivity contribution is -0.465. The number of aliphatic hydroxyl groups is 1. The van der Waals surface area contributed by atoms with Gasteiger partial charge in [0, 0.05) is 6.61 Å². The quantitative estimate of drug-likeness (QED) is 0.508. The molecule has 1 unspecified atom stereocenters. The van der Waals surface area contributed by atoms with Crippen molar-refractivity contribution >= 4 is 0 Å². The lowest BCUT2D eigenvalue weighted by atomic mass is 10.3. The van der Waals surface area contributed by atoms with Crippen molar-refractivity contribution in [3.05, 3.63) is 0 Å². The molecule has 134 valence electrons. The molecule has 0 aromatic carbocycles. The van der Waals surface area contributed by atoms with Crippen molar-refractivity contribution in [3.8, 4) is 0 Å². The predicted octanol–water partition coefficient (Wildman–Crippen LogP) is 3.47. The molecule has 1 N–H and O–H groups in total. The fraction of sp³-hybridized carbons (Fsp3) is 1.00. The molecule has 1 atom stereocenters. The first-order chi connectivity index (χ1) is 9.69. The Morgan fingerprint density at radius 3 is 1.77 bits per heavy atom. The van der Waals surface area contributed by atoms with E-state index in [0.717, 1.165) is 0 Å². The zero-order chi connectivity index (χ0) is 17.8. The Labute approximate surface area is 116 Å². The van der Waals surface area contributed by atoms with Gasteiger partial charge in [-0.2, -0.15) is 39.5 Å². The van der Waals surface area contributed by atoms with Crippen molar-refractivity contribution in [3.63, 3.8) is 0 Å². The number of ether oxygens (including phenoxy) is 2. The van der Waals surface area contributed by atoms with Crippen LogP contribution in [-0.2, 0) is 9.47 Å². The molecule has 13 heteroatoms. The maximum atomic E-state index is 12.8. The van der Waals surface area contributed by atoms with Crippen LogP contribution in [-0.4, -0.2) is 49.0 Å². The fourth-order valence-corrected chi connectivity index (χ4v) is 0.925.